The lowest BCUT2D eigenvalue weighted by Crippen LogP contribution is -2.20. The fourth-order valence-electron chi connectivity index (χ4n) is 2.02. The van der Waals surface area contributed by atoms with Gasteiger partial charge in [-0.25, -0.2) is 9.89 Å². The van der Waals surface area contributed by atoms with Gasteiger partial charge in [0.15, 0.2) is 10.9 Å². The van der Waals surface area contributed by atoms with E-state index in [0.717, 1.165) is 0 Å². The Morgan fingerprint density at radius 1 is 1.43 bits per heavy atom. The van der Waals surface area contributed by atoms with E-state index in [4.69, 9.17) is 16.3 Å². The molecule has 0 aliphatic carbocycles. The molecule has 0 aliphatic rings. The fraction of sp³-hybridized carbons (Fsp3) is 0.400. The molecule has 0 saturated heterocycles. The number of aromatic nitrogens is 3. The van der Waals surface area contributed by atoms with Gasteiger partial charge in [0.05, 0.1) is 5.25 Å². The van der Waals surface area contributed by atoms with Crippen LogP contribution >= 0.6 is 23.4 Å². The molecule has 2 aromatic rings. The van der Waals surface area contributed by atoms with Crippen LogP contribution in [0.15, 0.2) is 34.2 Å². The summed E-state index contributed by atoms with van der Waals surface area (Å²) in [5.74, 6) is -0.0365. The van der Waals surface area contributed by atoms with Gasteiger partial charge in [0.2, 0.25) is 0 Å². The molecule has 23 heavy (non-hydrogen) atoms. The summed E-state index contributed by atoms with van der Waals surface area (Å²) >= 11 is 7.08. The molecule has 0 amide bonds. The molecule has 0 bridgehead atoms. The van der Waals surface area contributed by atoms with Crippen LogP contribution in [0, 0.1) is 0 Å². The molecule has 0 spiro atoms. The van der Waals surface area contributed by atoms with Crippen LogP contribution in [0.2, 0.25) is 5.02 Å². The number of carbonyl (C=O) groups is 1. The largest absolute Gasteiger partial charge is 0.385 e. The van der Waals surface area contributed by atoms with Gasteiger partial charge in [0.1, 0.15) is 0 Å². The highest BCUT2D eigenvalue weighted by molar-refractivity contribution is 8.00. The monoisotopic (exact) mass is 355 g/mol. The van der Waals surface area contributed by atoms with Crippen molar-refractivity contribution in [3.05, 3.63) is 45.3 Å². The number of aromatic amines is 1. The molecule has 1 atom stereocenters. The number of hydrogen-bond acceptors (Lipinski definition) is 5. The lowest BCUT2D eigenvalue weighted by atomic mass is 10.1. The van der Waals surface area contributed by atoms with Gasteiger partial charge in [-0.1, -0.05) is 23.4 Å². The van der Waals surface area contributed by atoms with Gasteiger partial charge in [-0.3, -0.25) is 9.36 Å². The molecule has 1 heterocycles. The smallest absolute Gasteiger partial charge is 0.343 e. The SMILES string of the molecule is COCCCn1c(SC(C)C(=O)c2ccc(Cl)cc2)n[nH]c1=O. The summed E-state index contributed by atoms with van der Waals surface area (Å²) in [4.78, 5) is 24.2. The molecule has 1 aromatic carbocycles. The Balaban J connectivity index is 2.07. The Morgan fingerprint density at radius 3 is 2.78 bits per heavy atom. The maximum atomic E-state index is 12.4. The molecule has 2 rings (SSSR count). The third kappa shape index (κ3) is 4.70. The highest BCUT2D eigenvalue weighted by atomic mass is 35.5. The van der Waals surface area contributed by atoms with Gasteiger partial charge in [-0.15, -0.1) is 5.10 Å². The first kappa shape index (κ1) is 17.8. The molecular formula is C15H18ClN3O3S. The summed E-state index contributed by atoms with van der Waals surface area (Å²) in [5.41, 5.74) is 0.299. The minimum absolute atomic E-state index is 0.0365. The molecule has 1 unspecified atom stereocenters. The van der Waals surface area contributed by atoms with Gasteiger partial charge >= 0.3 is 5.69 Å². The van der Waals surface area contributed by atoms with Crippen LogP contribution in [0.4, 0.5) is 0 Å². The number of hydrogen-bond donors (Lipinski definition) is 1. The topological polar surface area (TPSA) is 77.0 Å². The minimum Gasteiger partial charge on any atom is -0.385 e. The molecule has 0 aliphatic heterocycles. The van der Waals surface area contributed by atoms with Crippen molar-refractivity contribution in [2.24, 2.45) is 0 Å². The summed E-state index contributed by atoms with van der Waals surface area (Å²) in [5, 5.41) is 7.14. The molecule has 1 N–H and O–H groups in total. The van der Waals surface area contributed by atoms with Crippen LogP contribution in [0.5, 0.6) is 0 Å². The standard InChI is InChI=1S/C15H18ClN3O3S/c1-10(13(20)11-4-6-12(16)7-5-11)23-15-18-17-14(21)19(15)8-3-9-22-2/h4-7,10H,3,8-9H2,1-2H3,(H,17,21). The molecule has 6 nitrogen and oxygen atoms in total. The summed E-state index contributed by atoms with van der Waals surface area (Å²) in [6.45, 7) is 2.84. The van der Waals surface area contributed by atoms with E-state index in [1.54, 1.807) is 38.3 Å². The lowest BCUT2D eigenvalue weighted by Gasteiger charge is -2.11. The second-order valence-electron chi connectivity index (χ2n) is 4.94. The summed E-state index contributed by atoms with van der Waals surface area (Å²) < 4.78 is 6.51. The second-order valence-corrected chi connectivity index (χ2v) is 6.68. The van der Waals surface area contributed by atoms with E-state index < -0.39 is 0 Å². The van der Waals surface area contributed by atoms with Crippen LogP contribution in [0.1, 0.15) is 23.7 Å². The van der Waals surface area contributed by atoms with Crippen molar-refractivity contribution < 1.29 is 9.53 Å². The molecule has 0 saturated carbocycles. The van der Waals surface area contributed by atoms with E-state index in [1.165, 1.54) is 16.3 Å². The Kier molecular flexibility index (Phi) is 6.44. The predicted octanol–water partition coefficient (Wildman–Crippen LogP) is 2.62. The van der Waals surface area contributed by atoms with Crippen LogP contribution < -0.4 is 5.69 Å². The zero-order valence-corrected chi connectivity index (χ0v) is 14.5. The lowest BCUT2D eigenvalue weighted by molar-refractivity contribution is 0.0994. The first-order valence-corrected chi connectivity index (χ1v) is 8.39. The number of Topliss-reactive ketones (excluding diaryl/α,β-unsaturated/α-hetero) is 1. The van der Waals surface area contributed by atoms with Crippen molar-refractivity contribution in [2.75, 3.05) is 13.7 Å². The Morgan fingerprint density at radius 2 is 2.13 bits per heavy atom. The Labute approximate surface area is 143 Å². The zero-order valence-electron chi connectivity index (χ0n) is 12.9. The molecule has 0 fully saturated rings. The fourth-order valence-corrected chi connectivity index (χ4v) is 3.10. The van der Waals surface area contributed by atoms with Crippen molar-refractivity contribution >= 4 is 29.1 Å². The van der Waals surface area contributed by atoms with Crippen molar-refractivity contribution in [2.45, 2.75) is 30.3 Å². The maximum absolute atomic E-state index is 12.4. The number of thioether (sulfide) groups is 1. The first-order chi connectivity index (χ1) is 11.0. The third-order valence-corrected chi connectivity index (χ3v) is 4.58. The van der Waals surface area contributed by atoms with Crippen molar-refractivity contribution in [1.82, 2.24) is 14.8 Å². The number of methoxy groups -OCH3 is 1. The average molecular weight is 356 g/mol. The molecule has 1 aromatic heterocycles. The van der Waals surface area contributed by atoms with Crippen molar-refractivity contribution in [1.29, 1.82) is 0 Å². The van der Waals surface area contributed by atoms with Crippen LogP contribution in [0.25, 0.3) is 0 Å². The molecule has 124 valence electrons. The van der Waals surface area contributed by atoms with Crippen LogP contribution in [0.3, 0.4) is 0 Å². The first-order valence-electron chi connectivity index (χ1n) is 7.13. The van der Waals surface area contributed by atoms with E-state index in [1.807, 2.05) is 0 Å². The van der Waals surface area contributed by atoms with E-state index in [0.29, 0.717) is 35.3 Å². The summed E-state index contributed by atoms with van der Waals surface area (Å²) in [6, 6.07) is 6.75. The minimum atomic E-state index is -0.368. The van der Waals surface area contributed by atoms with E-state index in [-0.39, 0.29) is 16.7 Å². The Bertz CT molecular complexity index is 712. The van der Waals surface area contributed by atoms with E-state index >= 15 is 0 Å². The van der Waals surface area contributed by atoms with Gasteiger partial charge in [0, 0.05) is 30.8 Å². The number of ether oxygens (including phenoxy) is 1. The Hall–Kier alpha value is -1.57. The number of nitrogens with one attached hydrogen (secondary N) is 1. The number of halogens is 1. The number of carbonyl (C=O) groups excluding carboxylic acids is 1. The maximum Gasteiger partial charge on any atom is 0.343 e. The normalized spacial score (nSPS) is 12.3. The number of H-pyrrole nitrogens is 1. The number of nitrogens with zero attached hydrogens (tertiary/aromatic N) is 2. The number of benzene rings is 1. The van der Waals surface area contributed by atoms with Crippen molar-refractivity contribution in [3.8, 4) is 0 Å². The van der Waals surface area contributed by atoms with Gasteiger partial charge in [-0.05, 0) is 37.6 Å². The highest BCUT2D eigenvalue weighted by Crippen LogP contribution is 2.23. The molecule has 0 radical (unpaired) electrons. The quantitative estimate of drug-likeness (QED) is 0.447. The summed E-state index contributed by atoms with van der Waals surface area (Å²) in [7, 11) is 1.61. The average Bonchev–Trinajstić information content (AvgIpc) is 2.88. The van der Waals surface area contributed by atoms with E-state index in [9.17, 15) is 9.59 Å². The predicted molar refractivity (Wildman–Crippen MR) is 90.4 cm³/mol. The van der Waals surface area contributed by atoms with Crippen molar-refractivity contribution in [3.63, 3.8) is 0 Å². The third-order valence-electron chi connectivity index (χ3n) is 3.23. The van der Waals surface area contributed by atoms with E-state index in [2.05, 4.69) is 10.2 Å². The van der Waals surface area contributed by atoms with Gasteiger partial charge in [-0.2, -0.15) is 0 Å². The summed E-state index contributed by atoms with van der Waals surface area (Å²) in [6.07, 6.45) is 0.697. The zero-order chi connectivity index (χ0) is 16.8. The second kappa shape index (κ2) is 8.33. The van der Waals surface area contributed by atoms with Crippen LogP contribution in [-0.2, 0) is 11.3 Å². The number of ketones is 1. The number of rotatable bonds is 8. The highest BCUT2D eigenvalue weighted by Gasteiger charge is 2.20. The van der Waals surface area contributed by atoms with Gasteiger partial charge < -0.3 is 4.74 Å². The molecular weight excluding hydrogens is 338 g/mol. The van der Waals surface area contributed by atoms with Crippen LogP contribution in [-0.4, -0.2) is 39.5 Å². The van der Waals surface area contributed by atoms with Gasteiger partial charge in [0.25, 0.3) is 0 Å². The molecule has 8 heteroatoms.